The summed E-state index contributed by atoms with van der Waals surface area (Å²) < 4.78 is 0. The van der Waals surface area contributed by atoms with Gasteiger partial charge >= 0.3 is 0 Å². The molecule has 3 saturated heterocycles. The highest BCUT2D eigenvalue weighted by atomic mass is 16.2. The van der Waals surface area contributed by atoms with Gasteiger partial charge in [-0.1, -0.05) is 50.1 Å². The maximum Gasteiger partial charge on any atom is 0.246 e. The number of fused-ring (bicyclic) bond motifs is 3. The van der Waals surface area contributed by atoms with Crippen LogP contribution in [-0.2, 0) is 20.8 Å². The Bertz CT molecular complexity index is 917. The van der Waals surface area contributed by atoms with Gasteiger partial charge in [-0.05, 0) is 44.2 Å². The molecule has 2 unspecified atom stereocenters. The third kappa shape index (κ3) is 3.56. The molecule has 3 aliphatic heterocycles. The molecule has 2 bridgehead atoms. The molecule has 33 heavy (non-hydrogen) atoms. The summed E-state index contributed by atoms with van der Waals surface area (Å²) in [6.07, 6.45) is 5.70. The van der Waals surface area contributed by atoms with Gasteiger partial charge in [0.2, 0.25) is 17.7 Å². The average molecular weight is 453 g/mol. The smallest absolute Gasteiger partial charge is 0.246 e. The van der Waals surface area contributed by atoms with E-state index in [4.69, 9.17) is 0 Å². The minimum atomic E-state index is -0.509. The van der Waals surface area contributed by atoms with Gasteiger partial charge in [-0.25, -0.2) is 0 Å². The summed E-state index contributed by atoms with van der Waals surface area (Å²) in [5.74, 6) is 0.220. The summed E-state index contributed by atoms with van der Waals surface area (Å²) in [5, 5.41) is 6.16. The van der Waals surface area contributed by atoms with E-state index in [0.717, 1.165) is 38.6 Å². The minimum absolute atomic E-state index is 0.0532. The van der Waals surface area contributed by atoms with E-state index in [1.807, 2.05) is 34.9 Å². The van der Waals surface area contributed by atoms with Crippen molar-refractivity contribution in [2.24, 2.45) is 17.3 Å². The molecule has 6 atom stereocenters. The summed E-state index contributed by atoms with van der Waals surface area (Å²) in [4.78, 5) is 43.9. The van der Waals surface area contributed by atoms with Crippen LogP contribution in [0.25, 0.3) is 0 Å². The van der Waals surface area contributed by atoms with Crippen LogP contribution in [0.15, 0.2) is 30.3 Å². The van der Waals surface area contributed by atoms with Crippen LogP contribution in [0, 0.1) is 17.3 Å². The fraction of sp³-hybridized carbons (Fsp3) is 0.654. The molecule has 1 aromatic rings. The van der Waals surface area contributed by atoms with Gasteiger partial charge in [0.05, 0.1) is 6.04 Å². The Labute approximate surface area is 196 Å². The minimum Gasteiger partial charge on any atom is -0.343 e. The van der Waals surface area contributed by atoms with E-state index in [-0.39, 0.29) is 47.1 Å². The lowest BCUT2D eigenvalue weighted by molar-refractivity contribution is -0.150. The van der Waals surface area contributed by atoms with Crippen LogP contribution < -0.4 is 10.6 Å². The van der Waals surface area contributed by atoms with E-state index in [9.17, 15) is 14.4 Å². The molecule has 3 heterocycles. The monoisotopic (exact) mass is 452 g/mol. The highest BCUT2D eigenvalue weighted by molar-refractivity contribution is 5.96. The van der Waals surface area contributed by atoms with E-state index in [0.29, 0.717) is 19.5 Å². The second kappa shape index (κ2) is 8.75. The van der Waals surface area contributed by atoms with Crippen molar-refractivity contribution in [3.8, 4) is 0 Å². The molecule has 4 aliphatic rings. The summed E-state index contributed by atoms with van der Waals surface area (Å²) in [5.41, 5.74) is 1.17. The maximum atomic E-state index is 13.7. The largest absolute Gasteiger partial charge is 0.343 e. The fourth-order valence-electron chi connectivity index (χ4n) is 7.23. The van der Waals surface area contributed by atoms with Gasteiger partial charge in [0, 0.05) is 31.0 Å². The SMILES string of the molecule is CC[C@H](NC)C(=O)N[C@@H]1C(=O)N2CC3(CCCCC13)[C@H]1CN(CCc3ccccc3)C(=O)[C@H]12. The average Bonchev–Trinajstić information content (AvgIpc) is 3.31. The molecule has 4 fully saturated rings. The molecule has 7 heteroatoms. The van der Waals surface area contributed by atoms with Crippen molar-refractivity contribution >= 4 is 17.7 Å². The second-order valence-electron chi connectivity index (χ2n) is 10.4. The molecule has 0 aromatic heterocycles. The van der Waals surface area contributed by atoms with E-state index in [1.54, 1.807) is 7.05 Å². The second-order valence-corrected chi connectivity index (χ2v) is 10.4. The molecule has 1 spiro atoms. The summed E-state index contributed by atoms with van der Waals surface area (Å²) in [6.45, 7) is 4.07. The van der Waals surface area contributed by atoms with Crippen molar-refractivity contribution in [3.63, 3.8) is 0 Å². The lowest BCUT2D eigenvalue weighted by Crippen LogP contribution is -2.64. The number of likely N-dealkylation sites (tertiary alicyclic amines) is 1. The first-order valence-corrected chi connectivity index (χ1v) is 12.6. The van der Waals surface area contributed by atoms with Gasteiger partial charge in [-0.2, -0.15) is 0 Å². The first-order valence-electron chi connectivity index (χ1n) is 12.6. The number of piperidine rings is 1. The number of carbonyl (C=O) groups is 3. The van der Waals surface area contributed by atoms with Gasteiger partial charge in [-0.3, -0.25) is 14.4 Å². The Morgan fingerprint density at radius 1 is 1.15 bits per heavy atom. The van der Waals surface area contributed by atoms with Gasteiger partial charge in [0.25, 0.3) is 0 Å². The zero-order valence-electron chi connectivity index (χ0n) is 19.8. The van der Waals surface area contributed by atoms with E-state index in [1.165, 1.54) is 5.56 Å². The Morgan fingerprint density at radius 3 is 2.67 bits per heavy atom. The number of amides is 3. The quantitative estimate of drug-likeness (QED) is 0.658. The van der Waals surface area contributed by atoms with Crippen LogP contribution in [-0.4, -0.2) is 72.3 Å². The number of benzene rings is 1. The first-order chi connectivity index (χ1) is 16.0. The van der Waals surface area contributed by atoms with Crippen molar-refractivity contribution in [3.05, 3.63) is 35.9 Å². The third-order valence-electron chi connectivity index (χ3n) is 8.88. The van der Waals surface area contributed by atoms with Crippen LogP contribution in [0.2, 0.25) is 0 Å². The van der Waals surface area contributed by atoms with Crippen LogP contribution >= 0.6 is 0 Å². The van der Waals surface area contributed by atoms with Crippen molar-refractivity contribution in [2.45, 2.75) is 63.6 Å². The lowest BCUT2D eigenvalue weighted by atomic mass is 9.57. The van der Waals surface area contributed by atoms with Crippen molar-refractivity contribution in [1.82, 2.24) is 20.4 Å². The third-order valence-corrected chi connectivity index (χ3v) is 8.88. The number of nitrogens with one attached hydrogen (secondary N) is 2. The summed E-state index contributed by atoms with van der Waals surface area (Å²) >= 11 is 0. The fourth-order valence-corrected chi connectivity index (χ4v) is 7.23. The predicted octanol–water partition coefficient (Wildman–Crippen LogP) is 1.57. The Kier molecular flexibility index (Phi) is 5.93. The molecule has 7 nitrogen and oxygen atoms in total. The number of rotatable bonds is 7. The summed E-state index contributed by atoms with van der Waals surface area (Å²) in [6, 6.07) is 9.09. The molecule has 1 aliphatic carbocycles. The maximum absolute atomic E-state index is 13.7. The molecule has 1 aromatic carbocycles. The first kappa shape index (κ1) is 22.4. The topological polar surface area (TPSA) is 81.8 Å². The molecule has 0 radical (unpaired) electrons. The van der Waals surface area contributed by atoms with Crippen molar-refractivity contribution in [1.29, 1.82) is 0 Å². The number of likely N-dealkylation sites (N-methyl/N-ethyl adjacent to an activating group) is 1. The normalized spacial score (nSPS) is 33.6. The van der Waals surface area contributed by atoms with Gasteiger partial charge in [0.15, 0.2) is 0 Å². The molecular formula is C26H36N4O3. The lowest BCUT2D eigenvalue weighted by Gasteiger charge is -2.50. The van der Waals surface area contributed by atoms with Crippen molar-refractivity contribution < 1.29 is 14.4 Å². The van der Waals surface area contributed by atoms with E-state index < -0.39 is 6.04 Å². The zero-order chi connectivity index (χ0) is 23.2. The number of nitrogens with zero attached hydrogens (tertiary/aromatic N) is 2. The molecule has 1 saturated carbocycles. The van der Waals surface area contributed by atoms with Crippen molar-refractivity contribution in [2.75, 3.05) is 26.7 Å². The van der Waals surface area contributed by atoms with Crippen LogP contribution in [0.3, 0.4) is 0 Å². The predicted molar refractivity (Wildman–Crippen MR) is 125 cm³/mol. The zero-order valence-corrected chi connectivity index (χ0v) is 19.8. The standard InChI is InChI=1S/C26H36N4O3/c1-3-20(27-2)23(31)28-21-18-11-7-8-13-26(18)16-30(24(21)32)22-19(26)15-29(25(22)33)14-12-17-9-5-4-6-10-17/h4-6,9-10,18-22,27H,3,7-8,11-16H2,1-2H3,(H,28,31)/t18?,19-,20-,21-,22-,26?/m0/s1. The highest BCUT2D eigenvalue weighted by Crippen LogP contribution is 2.59. The van der Waals surface area contributed by atoms with E-state index in [2.05, 4.69) is 22.8 Å². The Morgan fingerprint density at radius 2 is 1.94 bits per heavy atom. The van der Waals surface area contributed by atoms with Gasteiger partial charge < -0.3 is 20.4 Å². The van der Waals surface area contributed by atoms with E-state index >= 15 is 0 Å². The number of carbonyl (C=O) groups excluding carboxylic acids is 3. The number of hydrogen-bond donors (Lipinski definition) is 2. The molecule has 3 amide bonds. The number of hydrogen-bond acceptors (Lipinski definition) is 4. The van der Waals surface area contributed by atoms with Crippen LogP contribution in [0.5, 0.6) is 0 Å². The van der Waals surface area contributed by atoms with Crippen LogP contribution in [0.1, 0.15) is 44.6 Å². The van der Waals surface area contributed by atoms with Gasteiger partial charge in [-0.15, -0.1) is 0 Å². The van der Waals surface area contributed by atoms with Gasteiger partial charge in [0.1, 0.15) is 12.1 Å². The molecule has 2 N–H and O–H groups in total. The molecular weight excluding hydrogens is 416 g/mol. The summed E-state index contributed by atoms with van der Waals surface area (Å²) in [7, 11) is 1.78. The molecule has 178 valence electrons. The Hall–Kier alpha value is -2.41. The molecule has 5 rings (SSSR count). The van der Waals surface area contributed by atoms with Crippen LogP contribution in [0.4, 0.5) is 0 Å². The highest BCUT2D eigenvalue weighted by Gasteiger charge is 2.68. The Balaban J connectivity index is 1.38.